The van der Waals surface area contributed by atoms with Crippen molar-refractivity contribution >= 4 is 11.8 Å². The largest absolute Gasteiger partial charge is 0.481 e. The van der Waals surface area contributed by atoms with Gasteiger partial charge >= 0.3 is 5.97 Å². The van der Waals surface area contributed by atoms with Crippen molar-refractivity contribution in [3.8, 4) is 0 Å². The summed E-state index contributed by atoms with van der Waals surface area (Å²) in [5.41, 5.74) is -0.138. The maximum Gasteiger partial charge on any atom is 0.310 e. The maximum atomic E-state index is 11.5. The Bertz CT molecular complexity index is 201. The molecule has 0 amide bonds. The number of aliphatic carboxylic acids is 1. The summed E-state index contributed by atoms with van der Waals surface area (Å²) in [6.07, 6.45) is 0.353. The molecule has 0 aromatic carbocycles. The third kappa shape index (κ3) is 4.06. The van der Waals surface area contributed by atoms with Gasteiger partial charge in [0.05, 0.1) is 0 Å². The number of carbonyl (C=O) groups is 2. The average molecular weight is 186 g/mol. The molecule has 0 saturated carbocycles. The van der Waals surface area contributed by atoms with Gasteiger partial charge in [-0.1, -0.05) is 27.7 Å². The molecule has 0 saturated heterocycles. The lowest BCUT2D eigenvalue weighted by molar-refractivity contribution is -0.142. The Labute approximate surface area is 79.1 Å². The van der Waals surface area contributed by atoms with Crippen LogP contribution in [-0.4, -0.2) is 16.9 Å². The highest BCUT2D eigenvalue weighted by atomic mass is 16.4. The first kappa shape index (κ1) is 12.1. The fraction of sp³-hybridized carbons (Fsp3) is 0.800. The summed E-state index contributed by atoms with van der Waals surface area (Å²) >= 11 is 0. The van der Waals surface area contributed by atoms with E-state index in [1.165, 1.54) is 0 Å². The zero-order valence-corrected chi connectivity index (χ0v) is 8.76. The van der Waals surface area contributed by atoms with Crippen LogP contribution in [-0.2, 0) is 9.59 Å². The lowest BCUT2D eigenvalue weighted by Gasteiger charge is -2.27. The molecule has 0 bridgehead atoms. The first-order chi connectivity index (χ1) is 5.79. The number of rotatable bonds is 4. The molecule has 0 rings (SSSR count). The van der Waals surface area contributed by atoms with Crippen LogP contribution in [0.15, 0.2) is 0 Å². The maximum absolute atomic E-state index is 11.5. The van der Waals surface area contributed by atoms with Gasteiger partial charge in [-0.3, -0.25) is 9.59 Å². The Morgan fingerprint density at radius 1 is 1.31 bits per heavy atom. The van der Waals surface area contributed by atoms with Crippen molar-refractivity contribution in [2.45, 2.75) is 40.5 Å². The number of carboxylic acids is 1. The molecular weight excluding hydrogens is 168 g/mol. The lowest BCUT2D eigenvalue weighted by Crippen LogP contribution is -2.29. The Kier molecular flexibility index (Phi) is 4.11. The van der Waals surface area contributed by atoms with Crippen LogP contribution in [0.2, 0.25) is 0 Å². The molecule has 1 atom stereocenters. The normalized spacial score (nSPS) is 13.8. The summed E-state index contributed by atoms with van der Waals surface area (Å²) in [7, 11) is 0. The Morgan fingerprint density at radius 3 is 2.00 bits per heavy atom. The number of hydrogen-bond donors (Lipinski definition) is 1. The topological polar surface area (TPSA) is 54.4 Å². The van der Waals surface area contributed by atoms with Crippen molar-refractivity contribution in [1.82, 2.24) is 0 Å². The van der Waals surface area contributed by atoms with Gasteiger partial charge in [0.2, 0.25) is 0 Å². The fourth-order valence-electron chi connectivity index (χ4n) is 1.60. The summed E-state index contributed by atoms with van der Waals surface area (Å²) < 4.78 is 0. The van der Waals surface area contributed by atoms with Gasteiger partial charge in [0.15, 0.2) is 0 Å². The highest BCUT2D eigenvalue weighted by Crippen LogP contribution is 2.29. The Hall–Kier alpha value is -0.860. The van der Waals surface area contributed by atoms with Crippen LogP contribution in [0.1, 0.15) is 40.5 Å². The Morgan fingerprint density at radius 2 is 1.77 bits per heavy atom. The molecule has 0 fully saturated rings. The predicted molar refractivity (Wildman–Crippen MR) is 50.5 cm³/mol. The van der Waals surface area contributed by atoms with Crippen LogP contribution in [0.4, 0.5) is 0 Å². The summed E-state index contributed by atoms with van der Waals surface area (Å²) in [6, 6.07) is 0. The number of hydrogen-bond acceptors (Lipinski definition) is 2. The zero-order chi connectivity index (χ0) is 10.6. The molecule has 0 aromatic rings. The van der Waals surface area contributed by atoms with Crippen molar-refractivity contribution in [1.29, 1.82) is 0 Å². The molecule has 0 aliphatic heterocycles. The molecule has 3 heteroatoms. The number of carboxylic acid groups (broad SMARTS) is 1. The van der Waals surface area contributed by atoms with Gasteiger partial charge in [0.25, 0.3) is 0 Å². The van der Waals surface area contributed by atoms with E-state index in [4.69, 9.17) is 5.11 Å². The minimum absolute atomic E-state index is 0.138. The quantitative estimate of drug-likeness (QED) is 0.684. The fourth-order valence-corrected chi connectivity index (χ4v) is 1.60. The van der Waals surface area contributed by atoms with Gasteiger partial charge in [0, 0.05) is 5.92 Å². The van der Waals surface area contributed by atoms with E-state index in [-0.39, 0.29) is 23.5 Å². The van der Waals surface area contributed by atoms with Crippen molar-refractivity contribution < 1.29 is 14.7 Å². The highest BCUT2D eigenvalue weighted by Gasteiger charge is 2.30. The van der Waals surface area contributed by atoms with E-state index in [0.717, 1.165) is 0 Å². The van der Waals surface area contributed by atoms with Gasteiger partial charge in [-0.2, -0.15) is 0 Å². The van der Waals surface area contributed by atoms with Crippen LogP contribution in [0.25, 0.3) is 0 Å². The number of Topliss-reactive ketones (excluding diaryl/α,β-unsaturated/α-hetero) is 1. The second-order valence-electron chi connectivity index (χ2n) is 4.36. The van der Waals surface area contributed by atoms with E-state index in [2.05, 4.69) is 0 Å². The van der Waals surface area contributed by atoms with Crippen LogP contribution < -0.4 is 0 Å². The molecule has 0 radical (unpaired) electrons. The third-order valence-corrected chi connectivity index (χ3v) is 2.17. The Balaban J connectivity index is 4.42. The SMILES string of the molecule is CCC(C(=O)CC(=O)O)C(C)(C)C. The number of ketones is 1. The molecule has 1 N–H and O–H groups in total. The molecule has 0 heterocycles. The van der Waals surface area contributed by atoms with E-state index < -0.39 is 5.97 Å². The first-order valence-electron chi connectivity index (χ1n) is 4.53. The molecule has 0 aliphatic carbocycles. The van der Waals surface area contributed by atoms with Gasteiger partial charge < -0.3 is 5.11 Å². The number of carbonyl (C=O) groups excluding carboxylic acids is 1. The zero-order valence-electron chi connectivity index (χ0n) is 8.76. The second-order valence-corrected chi connectivity index (χ2v) is 4.36. The van der Waals surface area contributed by atoms with E-state index in [0.29, 0.717) is 6.42 Å². The van der Waals surface area contributed by atoms with Crippen LogP contribution in [0.3, 0.4) is 0 Å². The molecular formula is C10H18O3. The molecule has 76 valence electrons. The summed E-state index contributed by atoms with van der Waals surface area (Å²) in [6.45, 7) is 7.79. The van der Waals surface area contributed by atoms with Crippen molar-refractivity contribution in [2.75, 3.05) is 0 Å². The molecule has 13 heavy (non-hydrogen) atoms. The first-order valence-corrected chi connectivity index (χ1v) is 4.53. The average Bonchev–Trinajstić information content (AvgIpc) is 1.82. The second kappa shape index (κ2) is 4.40. The van der Waals surface area contributed by atoms with Crippen LogP contribution >= 0.6 is 0 Å². The third-order valence-electron chi connectivity index (χ3n) is 2.17. The molecule has 3 nitrogen and oxygen atoms in total. The van der Waals surface area contributed by atoms with E-state index in [1.54, 1.807) is 0 Å². The van der Waals surface area contributed by atoms with E-state index in [1.807, 2.05) is 27.7 Å². The lowest BCUT2D eigenvalue weighted by atomic mass is 9.76. The molecule has 0 aliphatic rings. The molecule has 0 aromatic heterocycles. The van der Waals surface area contributed by atoms with Crippen molar-refractivity contribution in [3.63, 3.8) is 0 Å². The smallest absolute Gasteiger partial charge is 0.310 e. The van der Waals surface area contributed by atoms with Crippen molar-refractivity contribution in [2.24, 2.45) is 11.3 Å². The van der Waals surface area contributed by atoms with Gasteiger partial charge in [-0.05, 0) is 11.8 Å². The van der Waals surface area contributed by atoms with Crippen molar-refractivity contribution in [3.05, 3.63) is 0 Å². The highest BCUT2D eigenvalue weighted by molar-refractivity contribution is 5.96. The summed E-state index contributed by atoms with van der Waals surface area (Å²) in [5.74, 6) is -1.35. The van der Waals surface area contributed by atoms with E-state index in [9.17, 15) is 9.59 Å². The standard InChI is InChI=1S/C10H18O3/c1-5-7(10(2,3)4)8(11)6-9(12)13/h7H,5-6H2,1-4H3,(H,12,13). The predicted octanol–water partition coefficient (Wildman–Crippen LogP) is 2.10. The summed E-state index contributed by atoms with van der Waals surface area (Å²) in [4.78, 5) is 21.8. The van der Waals surface area contributed by atoms with Gasteiger partial charge in [-0.25, -0.2) is 0 Å². The molecule has 0 spiro atoms. The molecule has 1 unspecified atom stereocenters. The van der Waals surface area contributed by atoms with Crippen LogP contribution in [0.5, 0.6) is 0 Å². The van der Waals surface area contributed by atoms with Gasteiger partial charge in [0.1, 0.15) is 12.2 Å². The minimum Gasteiger partial charge on any atom is -0.481 e. The monoisotopic (exact) mass is 186 g/mol. The van der Waals surface area contributed by atoms with Crippen LogP contribution in [0, 0.1) is 11.3 Å². The summed E-state index contributed by atoms with van der Waals surface area (Å²) in [5, 5.41) is 8.47. The minimum atomic E-state index is -1.03. The van der Waals surface area contributed by atoms with Gasteiger partial charge in [-0.15, -0.1) is 0 Å². The van der Waals surface area contributed by atoms with E-state index >= 15 is 0 Å².